The summed E-state index contributed by atoms with van der Waals surface area (Å²) in [6.07, 6.45) is 4.09. The van der Waals surface area contributed by atoms with Crippen LogP contribution in [0.25, 0.3) is 22.2 Å². The molecule has 0 aliphatic heterocycles. The highest BCUT2D eigenvalue weighted by Gasteiger charge is 2.14. The van der Waals surface area contributed by atoms with Crippen LogP contribution >= 0.6 is 0 Å². The van der Waals surface area contributed by atoms with Gasteiger partial charge in [0, 0.05) is 23.6 Å². The fraction of sp³-hybridized carbons (Fsp3) is 0.0769. The number of carbonyl (C=O) groups is 1. The molecule has 6 nitrogen and oxygen atoms in total. The molecule has 3 aromatic carbocycles. The summed E-state index contributed by atoms with van der Waals surface area (Å²) < 4.78 is 5.43. The summed E-state index contributed by atoms with van der Waals surface area (Å²) in [5, 5.41) is 9.30. The third kappa shape index (κ3) is 4.25. The summed E-state index contributed by atoms with van der Waals surface area (Å²) in [4.78, 5) is 21.4. The predicted molar refractivity (Wildman–Crippen MR) is 123 cm³/mol. The van der Waals surface area contributed by atoms with Crippen LogP contribution in [0.2, 0.25) is 0 Å². The van der Waals surface area contributed by atoms with E-state index in [1.807, 2.05) is 66.7 Å². The van der Waals surface area contributed by atoms with Crippen molar-refractivity contribution >= 4 is 22.4 Å². The molecular formula is C26H20N4O2. The molecule has 1 amide bonds. The number of fused-ring (bicyclic) bond motifs is 1. The monoisotopic (exact) mass is 420 g/mol. The molecule has 2 heterocycles. The molecule has 6 heteroatoms. The highest BCUT2D eigenvalue weighted by atomic mass is 16.5. The highest BCUT2D eigenvalue weighted by Crippen LogP contribution is 2.22. The van der Waals surface area contributed by atoms with E-state index < -0.39 is 0 Å². The Bertz CT molecular complexity index is 1370. The molecule has 0 radical (unpaired) electrons. The van der Waals surface area contributed by atoms with E-state index in [9.17, 15) is 4.79 Å². The lowest BCUT2D eigenvalue weighted by atomic mass is 10.0. The lowest BCUT2D eigenvalue weighted by molar-refractivity contribution is -0.115. The van der Waals surface area contributed by atoms with E-state index in [1.54, 1.807) is 12.4 Å². The van der Waals surface area contributed by atoms with Crippen LogP contribution in [0, 0.1) is 0 Å². The van der Waals surface area contributed by atoms with E-state index in [0.717, 1.165) is 33.2 Å². The first kappa shape index (κ1) is 19.6. The molecule has 0 saturated heterocycles. The Morgan fingerprint density at radius 3 is 2.59 bits per heavy atom. The third-order valence-corrected chi connectivity index (χ3v) is 5.25. The topological polar surface area (TPSA) is 80.9 Å². The molecule has 5 rings (SSSR count). The fourth-order valence-electron chi connectivity index (χ4n) is 3.71. The van der Waals surface area contributed by atoms with Crippen LogP contribution in [0.1, 0.15) is 17.0 Å². The van der Waals surface area contributed by atoms with Crippen LogP contribution < -0.4 is 5.32 Å². The van der Waals surface area contributed by atoms with Crippen molar-refractivity contribution < 1.29 is 9.32 Å². The average molecular weight is 420 g/mol. The molecule has 0 aliphatic carbocycles. The van der Waals surface area contributed by atoms with Gasteiger partial charge in [-0.05, 0) is 40.1 Å². The summed E-state index contributed by atoms with van der Waals surface area (Å²) in [5.74, 6) is 0.889. The largest absolute Gasteiger partial charge is 0.339 e. The summed E-state index contributed by atoms with van der Waals surface area (Å²) in [7, 11) is 0. The predicted octanol–water partition coefficient (Wildman–Crippen LogP) is 5.06. The number of nitrogens with one attached hydrogen (secondary N) is 1. The quantitative estimate of drug-likeness (QED) is 0.415. The minimum absolute atomic E-state index is 0.0737. The van der Waals surface area contributed by atoms with Gasteiger partial charge in [-0.25, -0.2) is 0 Å². The van der Waals surface area contributed by atoms with Crippen LogP contribution in [0.4, 0.5) is 5.69 Å². The Morgan fingerprint density at radius 1 is 0.875 bits per heavy atom. The van der Waals surface area contributed by atoms with Crippen molar-refractivity contribution in [3.05, 3.63) is 108 Å². The van der Waals surface area contributed by atoms with Crippen LogP contribution in [-0.4, -0.2) is 21.0 Å². The zero-order valence-corrected chi connectivity index (χ0v) is 17.2. The molecule has 0 saturated carbocycles. The number of hydrogen-bond acceptors (Lipinski definition) is 5. The summed E-state index contributed by atoms with van der Waals surface area (Å²) in [6, 6.07) is 25.5. The van der Waals surface area contributed by atoms with Crippen molar-refractivity contribution in [1.82, 2.24) is 15.1 Å². The van der Waals surface area contributed by atoms with Gasteiger partial charge < -0.3 is 9.84 Å². The van der Waals surface area contributed by atoms with E-state index in [-0.39, 0.29) is 5.91 Å². The number of amides is 1. The lowest BCUT2D eigenvalue weighted by Gasteiger charge is -2.11. The average Bonchev–Trinajstić information content (AvgIpc) is 3.30. The van der Waals surface area contributed by atoms with Crippen molar-refractivity contribution in [2.75, 3.05) is 5.32 Å². The van der Waals surface area contributed by atoms with Crippen LogP contribution in [-0.2, 0) is 17.6 Å². The summed E-state index contributed by atoms with van der Waals surface area (Å²) in [6.45, 7) is 0. The number of pyridine rings is 1. The Kier molecular flexibility index (Phi) is 5.41. The maximum absolute atomic E-state index is 12.8. The molecule has 0 aliphatic rings. The zero-order valence-electron chi connectivity index (χ0n) is 17.2. The zero-order chi connectivity index (χ0) is 21.8. The second kappa shape index (κ2) is 8.81. The number of para-hydroxylation sites is 1. The molecule has 0 fully saturated rings. The minimum atomic E-state index is -0.0737. The Morgan fingerprint density at radius 2 is 1.69 bits per heavy atom. The van der Waals surface area contributed by atoms with E-state index in [0.29, 0.717) is 24.6 Å². The first-order chi connectivity index (χ1) is 15.8. The van der Waals surface area contributed by atoms with Gasteiger partial charge >= 0.3 is 0 Å². The first-order valence-electron chi connectivity index (χ1n) is 10.3. The molecule has 0 unspecified atom stereocenters. The van der Waals surface area contributed by atoms with E-state index in [4.69, 9.17) is 4.52 Å². The smallest absolute Gasteiger partial charge is 0.231 e. The normalized spacial score (nSPS) is 10.9. The Labute approximate surface area is 184 Å². The van der Waals surface area contributed by atoms with E-state index in [2.05, 4.69) is 32.6 Å². The van der Waals surface area contributed by atoms with Gasteiger partial charge in [0.1, 0.15) is 0 Å². The van der Waals surface area contributed by atoms with Crippen LogP contribution in [0.15, 0.2) is 95.8 Å². The standard InChI is InChI=1S/C26H20N4O2/c31-24(15-19-10-5-9-18-7-1-3-12-22(18)19)28-23-13-4-2-8-20(23)16-25-29-26(30-32-25)21-11-6-14-27-17-21/h1-14,17H,15-16H2,(H,28,31). The molecule has 5 aromatic rings. The van der Waals surface area contributed by atoms with Crippen molar-refractivity contribution in [2.24, 2.45) is 0 Å². The Balaban J connectivity index is 1.33. The molecule has 2 aromatic heterocycles. The van der Waals surface area contributed by atoms with E-state index in [1.165, 1.54) is 0 Å². The Hall–Kier alpha value is -4.32. The fourth-order valence-corrected chi connectivity index (χ4v) is 3.71. The molecule has 0 bridgehead atoms. The lowest BCUT2D eigenvalue weighted by Crippen LogP contribution is -2.16. The van der Waals surface area contributed by atoms with Crippen molar-refractivity contribution in [3.8, 4) is 11.4 Å². The van der Waals surface area contributed by atoms with Crippen molar-refractivity contribution in [2.45, 2.75) is 12.8 Å². The highest BCUT2D eigenvalue weighted by molar-refractivity contribution is 5.96. The van der Waals surface area contributed by atoms with Gasteiger partial charge in [-0.2, -0.15) is 4.98 Å². The number of rotatable bonds is 6. The van der Waals surface area contributed by atoms with Crippen molar-refractivity contribution in [1.29, 1.82) is 0 Å². The molecule has 156 valence electrons. The second-order valence-corrected chi connectivity index (χ2v) is 7.45. The second-order valence-electron chi connectivity index (χ2n) is 7.45. The number of carbonyl (C=O) groups excluding carboxylic acids is 1. The summed E-state index contributed by atoms with van der Waals surface area (Å²) >= 11 is 0. The van der Waals surface area contributed by atoms with Gasteiger partial charge in [0.25, 0.3) is 0 Å². The summed E-state index contributed by atoms with van der Waals surface area (Å²) in [5.41, 5.74) is 3.43. The molecular weight excluding hydrogens is 400 g/mol. The number of anilines is 1. The third-order valence-electron chi connectivity index (χ3n) is 5.25. The van der Waals surface area contributed by atoms with Gasteiger partial charge in [0.15, 0.2) is 0 Å². The molecule has 0 spiro atoms. The number of benzene rings is 3. The minimum Gasteiger partial charge on any atom is -0.339 e. The van der Waals surface area contributed by atoms with Crippen LogP contribution in [0.3, 0.4) is 0 Å². The number of aromatic nitrogens is 3. The van der Waals surface area contributed by atoms with Crippen LogP contribution in [0.5, 0.6) is 0 Å². The first-order valence-corrected chi connectivity index (χ1v) is 10.3. The van der Waals surface area contributed by atoms with E-state index >= 15 is 0 Å². The van der Waals surface area contributed by atoms with Crippen molar-refractivity contribution in [3.63, 3.8) is 0 Å². The van der Waals surface area contributed by atoms with Gasteiger partial charge in [0.05, 0.1) is 12.8 Å². The number of hydrogen-bond donors (Lipinski definition) is 1. The maximum Gasteiger partial charge on any atom is 0.231 e. The van der Waals surface area contributed by atoms with Gasteiger partial charge in [-0.3, -0.25) is 9.78 Å². The number of nitrogens with zero attached hydrogens (tertiary/aromatic N) is 3. The molecule has 0 atom stereocenters. The molecule has 1 N–H and O–H groups in total. The SMILES string of the molecule is O=C(Cc1cccc2ccccc12)Nc1ccccc1Cc1nc(-c2cccnc2)no1. The van der Waals surface area contributed by atoms with Gasteiger partial charge in [-0.1, -0.05) is 65.8 Å². The van der Waals surface area contributed by atoms with Gasteiger partial charge in [0.2, 0.25) is 17.6 Å². The molecule has 32 heavy (non-hydrogen) atoms. The van der Waals surface area contributed by atoms with Gasteiger partial charge in [-0.15, -0.1) is 0 Å². The maximum atomic E-state index is 12.8.